The minimum absolute atomic E-state index is 0.0672. The van der Waals surface area contributed by atoms with Gasteiger partial charge >= 0.3 is 0 Å². The number of allylic oxidation sites excluding steroid dienone is 1. The molecule has 0 radical (unpaired) electrons. The summed E-state index contributed by atoms with van der Waals surface area (Å²) in [6.45, 7) is 9.61. The lowest BCUT2D eigenvalue weighted by Gasteiger charge is -2.46. The van der Waals surface area contributed by atoms with Crippen LogP contribution >= 0.6 is 0 Å². The molecule has 0 aliphatic heterocycles. The van der Waals surface area contributed by atoms with E-state index in [2.05, 4.69) is 16.7 Å². The lowest BCUT2D eigenvalue weighted by Crippen LogP contribution is -2.51. The van der Waals surface area contributed by atoms with Crippen molar-refractivity contribution >= 4 is 11.6 Å². The minimum atomic E-state index is -1.03. The van der Waals surface area contributed by atoms with Gasteiger partial charge in [-0.1, -0.05) is 36.4 Å². The van der Waals surface area contributed by atoms with E-state index in [1.807, 2.05) is 32.9 Å². The Labute approximate surface area is 219 Å². The molecule has 2 atom stereocenters. The number of fused-ring (bicyclic) bond motifs is 1. The molecule has 0 aliphatic rings. The molecule has 6 nitrogen and oxygen atoms in total. The van der Waals surface area contributed by atoms with Crippen molar-refractivity contribution in [3.8, 4) is 16.9 Å². The fourth-order valence-electron chi connectivity index (χ4n) is 4.92. The number of hydrogen-bond acceptors (Lipinski definition) is 5. The van der Waals surface area contributed by atoms with Gasteiger partial charge in [-0.05, 0) is 74.7 Å². The number of pyridine rings is 1. The van der Waals surface area contributed by atoms with Crippen LogP contribution in [-0.2, 0) is 5.54 Å². The molecule has 9 heteroatoms. The van der Waals surface area contributed by atoms with E-state index in [0.717, 1.165) is 11.6 Å². The van der Waals surface area contributed by atoms with Crippen molar-refractivity contribution < 1.29 is 17.9 Å². The number of anilines is 1. The molecule has 0 aliphatic carbocycles. The second kappa shape index (κ2) is 10.3. The molecular formula is C29H30F3N5O. The number of benzene rings is 2. The van der Waals surface area contributed by atoms with E-state index in [4.69, 9.17) is 16.2 Å². The first-order valence-corrected chi connectivity index (χ1v) is 12.1. The van der Waals surface area contributed by atoms with Crippen molar-refractivity contribution in [3.05, 3.63) is 102 Å². The van der Waals surface area contributed by atoms with Crippen LogP contribution in [0.1, 0.15) is 32.8 Å². The average Bonchev–Trinajstić information content (AvgIpc) is 3.24. The normalized spacial score (nSPS) is 14.9. The number of nitrogens with two attached hydrogens (primary N) is 2. The van der Waals surface area contributed by atoms with Crippen LogP contribution in [-0.4, -0.2) is 21.2 Å². The highest BCUT2D eigenvalue weighted by molar-refractivity contribution is 5.69. The molecule has 0 saturated heterocycles. The van der Waals surface area contributed by atoms with Crippen LogP contribution in [0.2, 0.25) is 0 Å². The maximum atomic E-state index is 15.6. The van der Waals surface area contributed by atoms with Gasteiger partial charge in [-0.2, -0.15) is 4.98 Å². The summed E-state index contributed by atoms with van der Waals surface area (Å²) in [4.78, 5) is 4.09. The topological polar surface area (TPSA) is 91.5 Å². The lowest BCUT2D eigenvalue weighted by atomic mass is 9.62. The maximum absolute atomic E-state index is 15.6. The van der Waals surface area contributed by atoms with Crippen LogP contribution < -0.4 is 16.2 Å². The number of nitrogens with zero attached hydrogens (tertiary/aromatic N) is 3. The van der Waals surface area contributed by atoms with Gasteiger partial charge in [-0.25, -0.2) is 17.7 Å². The molecular weight excluding hydrogens is 491 g/mol. The second-order valence-corrected chi connectivity index (χ2v) is 9.49. The van der Waals surface area contributed by atoms with E-state index in [0.29, 0.717) is 16.8 Å². The summed E-state index contributed by atoms with van der Waals surface area (Å²) >= 11 is 0. The third kappa shape index (κ3) is 4.77. The molecule has 4 N–H and O–H groups in total. The van der Waals surface area contributed by atoms with Crippen molar-refractivity contribution in [1.82, 2.24) is 14.6 Å². The van der Waals surface area contributed by atoms with Gasteiger partial charge in [0.1, 0.15) is 5.82 Å². The molecule has 0 amide bonds. The van der Waals surface area contributed by atoms with E-state index >= 15 is 4.39 Å². The second-order valence-electron chi connectivity index (χ2n) is 9.49. The number of nitrogen functional groups attached to an aromatic ring is 1. The summed E-state index contributed by atoms with van der Waals surface area (Å²) in [7, 11) is 0. The molecule has 0 saturated carbocycles. The van der Waals surface area contributed by atoms with Gasteiger partial charge in [-0.3, -0.25) is 0 Å². The van der Waals surface area contributed by atoms with Gasteiger partial charge in [0, 0.05) is 17.2 Å². The summed E-state index contributed by atoms with van der Waals surface area (Å²) in [6, 6.07) is 11.7. The van der Waals surface area contributed by atoms with Crippen molar-refractivity contribution in [2.45, 2.75) is 32.7 Å². The van der Waals surface area contributed by atoms with E-state index in [9.17, 15) is 8.78 Å². The Morgan fingerprint density at radius 1 is 1.13 bits per heavy atom. The molecule has 2 heterocycles. The number of ether oxygens (including phenoxy) is 1. The highest BCUT2D eigenvalue weighted by atomic mass is 19.1. The van der Waals surface area contributed by atoms with Gasteiger partial charge < -0.3 is 16.2 Å². The zero-order valence-corrected chi connectivity index (χ0v) is 21.5. The molecule has 4 rings (SSSR count). The molecule has 2 aromatic carbocycles. The number of halogens is 3. The number of aromatic nitrogens is 3. The van der Waals surface area contributed by atoms with Crippen molar-refractivity contribution in [2.75, 3.05) is 12.3 Å². The largest absolute Gasteiger partial charge is 0.488 e. The summed E-state index contributed by atoms with van der Waals surface area (Å²) in [5.41, 5.74) is 13.1. The molecule has 0 fully saturated rings. The summed E-state index contributed by atoms with van der Waals surface area (Å²) < 4.78 is 51.1. The van der Waals surface area contributed by atoms with Crippen LogP contribution in [0, 0.1) is 22.9 Å². The van der Waals surface area contributed by atoms with E-state index in [-0.39, 0.29) is 30.4 Å². The van der Waals surface area contributed by atoms with Gasteiger partial charge in [0.15, 0.2) is 23.0 Å². The monoisotopic (exact) mass is 521 g/mol. The highest BCUT2D eigenvalue weighted by Crippen LogP contribution is 2.47. The standard InChI is InChI=1S/C29H30F3N5O/c1-5-13-29(18(2)3,28(4,34)20-6-8-21(30)9-7-20)14-16-38-26-23(31)11-10-22(25(26)32)19-12-15-37-24(17-19)35-27(33)36-37/h5-13,15,17H,2,14,16,34H2,1,3-4H3,(H2,33,36)/b13-5+. The summed E-state index contributed by atoms with van der Waals surface area (Å²) in [6.07, 6.45) is 5.60. The Morgan fingerprint density at radius 2 is 1.84 bits per heavy atom. The fraction of sp³-hybridized carbons (Fsp3) is 0.241. The predicted octanol–water partition coefficient (Wildman–Crippen LogP) is 6.18. The molecule has 38 heavy (non-hydrogen) atoms. The smallest absolute Gasteiger partial charge is 0.240 e. The Bertz CT molecular complexity index is 1510. The van der Waals surface area contributed by atoms with Gasteiger partial charge in [0.2, 0.25) is 5.95 Å². The van der Waals surface area contributed by atoms with Crippen molar-refractivity contribution in [3.63, 3.8) is 0 Å². The van der Waals surface area contributed by atoms with E-state index in [1.165, 1.54) is 22.7 Å². The van der Waals surface area contributed by atoms with Gasteiger partial charge in [-0.15, -0.1) is 5.10 Å². The van der Waals surface area contributed by atoms with Crippen LogP contribution in [0.5, 0.6) is 5.75 Å². The molecule has 0 bridgehead atoms. The first kappa shape index (κ1) is 26.9. The zero-order valence-electron chi connectivity index (χ0n) is 21.5. The highest BCUT2D eigenvalue weighted by Gasteiger charge is 2.45. The Morgan fingerprint density at radius 3 is 2.50 bits per heavy atom. The molecule has 0 spiro atoms. The van der Waals surface area contributed by atoms with Crippen molar-refractivity contribution in [2.24, 2.45) is 11.1 Å². The quantitative estimate of drug-likeness (QED) is 0.257. The molecule has 2 aromatic heterocycles. The van der Waals surface area contributed by atoms with Crippen LogP contribution in [0.3, 0.4) is 0 Å². The SMILES string of the molecule is C=C(C)C(/C=C/C)(CCOc1c(F)ccc(-c2ccn3nc(N)nc3c2)c1F)C(C)(N)c1ccc(F)cc1. The summed E-state index contributed by atoms with van der Waals surface area (Å²) in [5.74, 6) is -2.47. The number of hydrogen-bond donors (Lipinski definition) is 2. The Balaban J connectivity index is 1.65. The van der Waals surface area contributed by atoms with Crippen LogP contribution in [0.15, 0.2) is 79.0 Å². The molecule has 2 unspecified atom stereocenters. The fourth-order valence-corrected chi connectivity index (χ4v) is 4.92. The zero-order chi connectivity index (χ0) is 27.7. The van der Waals surface area contributed by atoms with Gasteiger partial charge in [0.05, 0.1) is 12.1 Å². The number of rotatable bonds is 9. The third-order valence-electron chi connectivity index (χ3n) is 7.04. The first-order chi connectivity index (χ1) is 18.0. The lowest BCUT2D eigenvalue weighted by molar-refractivity contribution is 0.174. The first-order valence-electron chi connectivity index (χ1n) is 12.1. The van der Waals surface area contributed by atoms with E-state index in [1.54, 1.807) is 30.5 Å². The van der Waals surface area contributed by atoms with Crippen LogP contribution in [0.25, 0.3) is 16.8 Å². The molecule has 4 aromatic rings. The van der Waals surface area contributed by atoms with E-state index < -0.39 is 28.3 Å². The molecule has 198 valence electrons. The Hall–Kier alpha value is -4.11. The minimum Gasteiger partial charge on any atom is -0.488 e. The van der Waals surface area contributed by atoms with Crippen LogP contribution in [0.4, 0.5) is 19.1 Å². The maximum Gasteiger partial charge on any atom is 0.240 e. The summed E-state index contributed by atoms with van der Waals surface area (Å²) in [5, 5.41) is 4.00. The van der Waals surface area contributed by atoms with Crippen molar-refractivity contribution in [1.29, 1.82) is 0 Å². The van der Waals surface area contributed by atoms with Gasteiger partial charge in [0.25, 0.3) is 0 Å². The Kier molecular flexibility index (Phi) is 7.33. The third-order valence-corrected chi connectivity index (χ3v) is 7.04. The predicted molar refractivity (Wildman–Crippen MR) is 143 cm³/mol. The average molecular weight is 522 g/mol.